The number of fused-ring (bicyclic) bond motifs is 1. The lowest BCUT2D eigenvalue weighted by Gasteiger charge is -2.25. The molecule has 1 heterocycles. The predicted octanol–water partition coefficient (Wildman–Crippen LogP) is 2.24. The minimum Gasteiger partial charge on any atom is -0.372 e. The minimum absolute atomic E-state index is 0.238. The Hall–Kier alpha value is -0.130. The molecule has 2 nitrogen and oxygen atoms in total. The fourth-order valence-electron chi connectivity index (χ4n) is 1.72. The highest BCUT2D eigenvalue weighted by molar-refractivity contribution is 14.1. The van der Waals surface area contributed by atoms with Crippen molar-refractivity contribution < 1.29 is 4.74 Å². The maximum Gasteiger partial charge on any atom is 0.0960 e. The first kappa shape index (κ1) is 9.43. The lowest BCUT2D eigenvalue weighted by Crippen LogP contribution is -2.22. The Labute approximate surface area is 92.2 Å². The van der Waals surface area contributed by atoms with Crippen molar-refractivity contribution in [2.24, 2.45) is 0 Å². The Bertz CT molecular complexity index is 290. The topological polar surface area (TPSA) is 21.3 Å². The molecule has 13 heavy (non-hydrogen) atoms. The molecule has 0 bridgehead atoms. The lowest BCUT2D eigenvalue weighted by molar-refractivity contribution is 0.0471. The van der Waals surface area contributed by atoms with Crippen molar-refractivity contribution >= 4 is 22.9 Å². The first-order valence-corrected chi connectivity index (χ1v) is 5.52. The van der Waals surface area contributed by atoms with Crippen LogP contribution in [0.1, 0.15) is 17.2 Å². The average molecular weight is 289 g/mol. The number of nitrogens with one attached hydrogen (secondary N) is 1. The number of halogens is 1. The van der Waals surface area contributed by atoms with Crippen LogP contribution in [0, 0.1) is 0 Å². The molecule has 0 saturated carbocycles. The van der Waals surface area contributed by atoms with Crippen LogP contribution in [0.2, 0.25) is 0 Å². The summed E-state index contributed by atoms with van der Waals surface area (Å²) in [6.45, 7) is 1.73. The van der Waals surface area contributed by atoms with Gasteiger partial charge in [0, 0.05) is 29.4 Å². The van der Waals surface area contributed by atoms with E-state index in [9.17, 15) is 0 Å². The third kappa shape index (κ3) is 2.03. The summed E-state index contributed by atoms with van der Waals surface area (Å²) in [5, 5.41) is 0. The van der Waals surface area contributed by atoms with Crippen LogP contribution in [0.4, 0.5) is 0 Å². The van der Waals surface area contributed by atoms with Gasteiger partial charge in [-0.3, -0.25) is 3.53 Å². The van der Waals surface area contributed by atoms with E-state index >= 15 is 0 Å². The van der Waals surface area contributed by atoms with E-state index in [1.54, 1.807) is 0 Å². The van der Waals surface area contributed by atoms with Crippen molar-refractivity contribution in [1.29, 1.82) is 0 Å². The average Bonchev–Trinajstić information content (AvgIpc) is 2.19. The summed E-state index contributed by atoms with van der Waals surface area (Å²) in [5.41, 5.74) is 2.78. The Balaban J connectivity index is 2.26. The smallest absolute Gasteiger partial charge is 0.0960 e. The van der Waals surface area contributed by atoms with Crippen molar-refractivity contribution in [2.45, 2.75) is 12.5 Å². The third-order valence-corrected chi connectivity index (χ3v) is 2.80. The second kappa shape index (κ2) is 4.39. The van der Waals surface area contributed by atoms with Crippen LogP contribution < -0.4 is 3.53 Å². The Morgan fingerprint density at radius 1 is 1.46 bits per heavy atom. The van der Waals surface area contributed by atoms with E-state index in [1.807, 2.05) is 0 Å². The fourth-order valence-corrected chi connectivity index (χ4v) is 2.12. The zero-order valence-corrected chi connectivity index (χ0v) is 9.45. The van der Waals surface area contributed by atoms with Crippen molar-refractivity contribution in [1.82, 2.24) is 3.53 Å². The molecule has 1 aromatic rings. The molecule has 70 valence electrons. The summed E-state index contributed by atoms with van der Waals surface area (Å²) >= 11 is 2.16. The molecule has 0 spiro atoms. The van der Waals surface area contributed by atoms with Gasteiger partial charge in [-0.1, -0.05) is 24.3 Å². The Morgan fingerprint density at radius 3 is 3.15 bits per heavy atom. The standard InChI is InChI=1S/C10H12INO/c11-12-7-10-9-4-2-1-3-8(9)5-6-13-10/h1-4,10,12H,5-7H2. The molecule has 1 N–H and O–H groups in total. The van der Waals surface area contributed by atoms with Gasteiger partial charge in [-0.05, 0) is 17.5 Å². The first-order chi connectivity index (χ1) is 6.42. The second-order valence-corrected chi connectivity index (χ2v) is 3.91. The largest absolute Gasteiger partial charge is 0.372 e. The highest BCUT2D eigenvalue weighted by Gasteiger charge is 2.19. The normalized spacial score (nSPS) is 21.2. The van der Waals surface area contributed by atoms with Crippen LogP contribution in [0.25, 0.3) is 0 Å². The second-order valence-electron chi connectivity index (χ2n) is 3.15. The van der Waals surface area contributed by atoms with Gasteiger partial charge in [-0.2, -0.15) is 0 Å². The summed E-state index contributed by atoms with van der Waals surface area (Å²) in [5.74, 6) is 0. The maximum absolute atomic E-state index is 5.68. The van der Waals surface area contributed by atoms with E-state index in [1.165, 1.54) is 11.1 Å². The number of benzene rings is 1. The number of hydrogen-bond acceptors (Lipinski definition) is 2. The number of ether oxygens (including phenoxy) is 1. The maximum atomic E-state index is 5.68. The number of hydrogen-bond donors (Lipinski definition) is 1. The highest BCUT2D eigenvalue weighted by atomic mass is 127. The zero-order valence-electron chi connectivity index (χ0n) is 7.29. The Kier molecular flexibility index (Phi) is 3.18. The van der Waals surface area contributed by atoms with Crippen molar-refractivity contribution in [3.8, 4) is 0 Å². The lowest BCUT2D eigenvalue weighted by atomic mass is 9.98. The molecule has 0 radical (unpaired) electrons. The molecule has 2 rings (SSSR count). The van der Waals surface area contributed by atoms with E-state index in [0.717, 1.165) is 19.6 Å². The van der Waals surface area contributed by atoms with Gasteiger partial charge >= 0.3 is 0 Å². The minimum atomic E-state index is 0.238. The van der Waals surface area contributed by atoms with E-state index in [4.69, 9.17) is 4.74 Å². The van der Waals surface area contributed by atoms with E-state index in [0.29, 0.717) is 0 Å². The van der Waals surface area contributed by atoms with Gasteiger partial charge in [-0.25, -0.2) is 0 Å². The van der Waals surface area contributed by atoms with Crippen molar-refractivity contribution in [3.63, 3.8) is 0 Å². The molecule has 0 saturated heterocycles. The van der Waals surface area contributed by atoms with Crippen molar-refractivity contribution in [2.75, 3.05) is 13.2 Å². The molecule has 0 aromatic heterocycles. The summed E-state index contributed by atoms with van der Waals surface area (Å²) < 4.78 is 8.80. The fraction of sp³-hybridized carbons (Fsp3) is 0.400. The zero-order chi connectivity index (χ0) is 9.10. The van der Waals surface area contributed by atoms with Gasteiger partial charge in [0.25, 0.3) is 0 Å². The molecule has 0 amide bonds. The molecule has 1 aliphatic heterocycles. The quantitative estimate of drug-likeness (QED) is 0.666. The third-order valence-electron chi connectivity index (χ3n) is 2.35. The monoisotopic (exact) mass is 289 g/mol. The number of rotatable bonds is 2. The molecule has 0 fully saturated rings. The molecule has 1 atom stereocenters. The Morgan fingerprint density at radius 2 is 2.31 bits per heavy atom. The van der Waals surface area contributed by atoms with Gasteiger partial charge in [0.15, 0.2) is 0 Å². The van der Waals surface area contributed by atoms with Crippen molar-refractivity contribution in [3.05, 3.63) is 35.4 Å². The van der Waals surface area contributed by atoms with E-state index in [-0.39, 0.29) is 6.10 Å². The summed E-state index contributed by atoms with van der Waals surface area (Å²) in [4.78, 5) is 0. The molecule has 3 heteroatoms. The van der Waals surface area contributed by atoms with Gasteiger partial charge in [0.2, 0.25) is 0 Å². The van der Waals surface area contributed by atoms with Gasteiger partial charge in [0.05, 0.1) is 12.7 Å². The molecule has 1 aromatic carbocycles. The van der Waals surface area contributed by atoms with E-state index < -0.39 is 0 Å². The molecule has 1 aliphatic rings. The summed E-state index contributed by atoms with van der Waals surface area (Å²) in [6, 6.07) is 8.53. The van der Waals surface area contributed by atoms with Crippen LogP contribution in [0.15, 0.2) is 24.3 Å². The van der Waals surface area contributed by atoms with Crippen LogP contribution in [-0.4, -0.2) is 13.2 Å². The summed E-state index contributed by atoms with van der Waals surface area (Å²) in [6.07, 6.45) is 1.29. The van der Waals surface area contributed by atoms with Gasteiger partial charge in [0.1, 0.15) is 0 Å². The van der Waals surface area contributed by atoms with Crippen LogP contribution >= 0.6 is 22.9 Å². The molecular weight excluding hydrogens is 277 g/mol. The first-order valence-electron chi connectivity index (χ1n) is 4.44. The predicted molar refractivity (Wildman–Crippen MR) is 60.9 cm³/mol. The van der Waals surface area contributed by atoms with E-state index in [2.05, 4.69) is 50.7 Å². The van der Waals surface area contributed by atoms with Crippen LogP contribution in [0.5, 0.6) is 0 Å². The van der Waals surface area contributed by atoms with Gasteiger partial charge in [-0.15, -0.1) is 0 Å². The molecule has 1 unspecified atom stereocenters. The molecular formula is C10H12INO. The van der Waals surface area contributed by atoms with Gasteiger partial charge < -0.3 is 4.74 Å². The van der Waals surface area contributed by atoms with Crippen LogP contribution in [0.3, 0.4) is 0 Å². The molecule has 0 aliphatic carbocycles. The SMILES string of the molecule is INCC1OCCc2ccccc21. The van der Waals surface area contributed by atoms with Crippen LogP contribution in [-0.2, 0) is 11.2 Å². The summed E-state index contributed by atoms with van der Waals surface area (Å²) in [7, 11) is 0. The highest BCUT2D eigenvalue weighted by Crippen LogP contribution is 2.26.